The van der Waals surface area contributed by atoms with Gasteiger partial charge in [0.05, 0.1) is 0 Å². The maximum Gasteiger partial charge on any atom is -0.00295 e. The molecule has 0 heterocycles. The summed E-state index contributed by atoms with van der Waals surface area (Å²) in [5, 5.41) is 5.73. The summed E-state index contributed by atoms with van der Waals surface area (Å²) in [4.78, 5) is 0. The average Bonchev–Trinajstić information content (AvgIpc) is 3.03. The number of fused-ring (bicyclic) bond motifs is 4. The van der Waals surface area contributed by atoms with Crippen LogP contribution in [0.15, 0.2) is 103 Å². The quantitative estimate of drug-likeness (QED) is 0.326. The van der Waals surface area contributed by atoms with Gasteiger partial charge in [0.2, 0.25) is 0 Å². The Bertz CT molecular complexity index is 1830. The number of aryl methyl sites for hydroxylation is 1. The van der Waals surface area contributed by atoms with Gasteiger partial charge in [0, 0.05) is 0 Å². The zero-order chi connectivity index (χ0) is 26.5. The van der Waals surface area contributed by atoms with Gasteiger partial charge in [0.15, 0.2) is 0 Å². The van der Waals surface area contributed by atoms with Gasteiger partial charge in [-0.2, -0.15) is 0 Å². The summed E-state index contributed by atoms with van der Waals surface area (Å²) in [6, 6.07) is 16.5. The van der Waals surface area contributed by atoms with E-state index in [0.717, 1.165) is 32.1 Å². The zero-order valence-corrected chi connectivity index (χ0v) is 23.2. The van der Waals surface area contributed by atoms with Gasteiger partial charge in [-0.05, 0) is 123 Å². The van der Waals surface area contributed by atoms with Crippen molar-refractivity contribution in [3.05, 3.63) is 130 Å². The van der Waals surface area contributed by atoms with Gasteiger partial charge in [0.1, 0.15) is 0 Å². The molecule has 8 rings (SSSR count). The van der Waals surface area contributed by atoms with Crippen LogP contribution in [0.1, 0.15) is 55.2 Å². The minimum absolute atomic E-state index is 0.526. The number of hydrogen-bond acceptors (Lipinski definition) is 0. The Hall–Kier alpha value is -3.90. The van der Waals surface area contributed by atoms with Crippen molar-refractivity contribution in [3.63, 3.8) is 0 Å². The van der Waals surface area contributed by atoms with Crippen LogP contribution in [-0.4, -0.2) is 0 Å². The highest BCUT2D eigenvalue weighted by atomic mass is 14.3. The molecule has 3 atom stereocenters. The predicted octanol–water partition coefficient (Wildman–Crippen LogP) is 8.86. The van der Waals surface area contributed by atoms with E-state index in [-0.39, 0.29) is 0 Å². The van der Waals surface area contributed by atoms with Gasteiger partial charge in [-0.1, -0.05) is 115 Å². The second kappa shape index (κ2) is 9.93. The fourth-order valence-electron chi connectivity index (χ4n) is 7.81. The molecule has 0 spiro atoms. The van der Waals surface area contributed by atoms with Crippen LogP contribution in [0.3, 0.4) is 0 Å². The monoisotopic (exact) mass is 516 g/mol. The smallest absolute Gasteiger partial charge is 0.00295 e. The SMILES string of the molecule is C1=CCC2CCC(c3c4c(c(-c5ccc6c(c5)CCC=C6)c5ccccc35)=CC(C3C=CC=CC3)CC=4)=CC2=C1. The summed E-state index contributed by atoms with van der Waals surface area (Å²) in [5.41, 5.74) is 10.2. The lowest BCUT2D eigenvalue weighted by Crippen LogP contribution is -2.36. The molecule has 3 aromatic carbocycles. The summed E-state index contributed by atoms with van der Waals surface area (Å²) in [6.07, 6.45) is 36.7. The summed E-state index contributed by atoms with van der Waals surface area (Å²) in [6.45, 7) is 0. The molecule has 0 aromatic heterocycles. The van der Waals surface area contributed by atoms with Gasteiger partial charge in [-0.25, -0.2) is 0 Å². The van der Waals surface area contributed by atoms with Crippen LogP contribution in [0, 0.1) is 17.8 Å². The third-order valence-corrected chi connectivity index (χ3v) is 9.88. The van der Waals surface area contributed by atoms with E-state index < -0.39 is 0 Å². The highest BCUT2D eigenvalue weighted by Gasteiger charge is 2.26. The number of benzene rings is 3. The van der Waals surface area contributed by atoms with Crippen molar-refractivity contribution in [3.8, 4) is 11.1 Å². The van der Waals surface area contributed by atoms with Gasteiger partial charge >= 0.3 is 0 Å². The number of hydrogen-bond donors (Lipinski definition) is 0. The van der Waals surface area contributed by atoms with E-state index in [1.165, 1.54) is 73.0 Å². The second-order valence-corrected chi connectivity index (χ2v) is 12.2. The van der Waals surface area contributed by atoms with Crippen molar-refractivity contribution in [2.24, 2.45) is 17.8 Å². The summed E-state index contributed by atoms with van der Waals surface area (Å²) in [5.74, 6) is 1.78. The highest BCUT2D eigenvalue weighted by Crippen LogP contribution is 2.40. The molecular formula is C40H36. The Balaban J connectivity index is 1.42. The Morgan fingerprint density at radius 1 is 0.725 bits per heavy atom. The van der Waals surface area contributed by atoms with Crippen molar-refractivity contribution in [2.45, 2.75) is 44.9 Å². The van der Waals surface area contributed by atoms with Crippen molar-refractivity contribution in [2.75, 3.05) is 0 Å². The molecule has 0 saturated heterocycles. The Labute approximate surface area is 237 Å². The van der Waals surface area contributed by atoms with Crippen LogP contribution in [-0.2, 0) is 6.42 Å². The fraction of sp³-hybridized carbons (Fsp3) is 0.250. The standard InChI is InChI=1S/C40H36/c1-2-10-27(11-3-1)32-22-23-37-38(26-32)40(34-21-19-29-13-5-7-15-31(29)25-34)36-17-9-8-16-35(36)39(37)33-20-18-28-12-4-6-14-30(28)24-33/h1-6,8-10,13-14,16-17,19,21,23-28,32H,7,11-12,15,18,20,22H2. The Morgan fingerprint density at radius 3 is 2.52 bits per heavy atom. The molecule has 40 heavy (non-hydrogen) atoms. The first-order chi connectivity index (χ1) is 19.8. The molecule has 3 unspecified atom stereocenters. The summed E-state index contributed by atoms with van der Waals surface area (Å²) >= 11 is 0. The molecule has 196 valence electrons. The van der Waals surface area contributed by atoms with Gasteiger partial charge in [-0.15, -0.1) is 0 Å². The molecule has 0 aliphatic heterocycles. The molecule has 0 saturated carbocycles. The van der Waals surface area contributed by atoms with Gasteiger partial charge < -0.3 is 0 Å². The van der Waals surface area contributed by atoms with Gasteiger partial charge in [0.25, 0.3) is 0 Å². The van der Waals surface area contributed by atoms with Crippen LogP contribution in [0.25, 0.3) is 45.7 Å². The Kier molecular flexibility index (Phi) is 5.95. The number of allylic oxidation sites excluding steroid dienone is 11. The summed E-state index contributed by atoms with van der Waals surface area (Å²) in [7, 11) is 0. The van der Waals surface area contributed by atoms with Crippen LogP contribution in [0.5, 0.6) is 0 Å². The van der Waals surface area contributed by atoms with Crippen molar-refractivity contribution < 1.29 is 0 Å². The largest absolute Gasteiger partial charge is 0.0839 e. The lowest BCUT2D eigenvalue weighted by molar-refractivity contribution is 0.509. The third kappa shape index (κ3) is 4.05. The van der Waals surface area contributed by atoms with Crippen molar-refractivity contribution in [1.29, 1.82) is 0 Å². The molecule has 0 N–H and O–H groups in total. The van der Waals surface area contributed by atoms with Crippen LogP contribution < -0.4 is 10.4 Å². The number of rotatable bonds is 3. The van der Waals surface area contributed by atoms with Crippen LogP contribution in [0.2, 0.25) is 0 Å². The lowest BCUT2D eigenvalue weighted by atomic mass is 9.75. The van der Waals surface area contributed by atoms with Crippen molar-refractivity contribution >= 4 is 34.6 Å². The van der Waals surface area contributed by atoms with Crippen LogP contribution in [0.4, 0.5) is 0 Å². The maximum atomic E-state index is 2.66. The molecular weight excluding hydrogens is 480 g/mol. The minimum atomic E-state index is 0.526. The molecule has 5 aliphatic carbocycles. The Morgan fingerprint density at radius 2 is 1.62 bits per heavy atom. The van der Waals surface area contributed by atoms with E-state index >= 15 is 0 Å². The molecule has 0 fully saturated rings. The molecule has 0 nitrogen and oxygen atoms in total. The first kappa shape index (κ1) is 23.9. The molecule has 0 heteroatoms. The predicted molar refractivity (Wildman–Crippen MR) is 172 cm³/mol. The first-order valence-corrected chi connectivity index (χ1v) is 15.3. The molecule has 3 aromatic rings. The fourth-order valence-corrected chi connectivity index (χ4v) is 7.81. The minimum Gasteiger partial charge on any atom is -0.0839 e. The first-order valence-electron chi connectivity index (χ1n) is 15.3. The van der Waals surface area contributed by atoms with E-state index in [1.54, 1.807) is 0 Å². The lowest BCUT2D eigenvalue weighted by Gasteiger charge is -2.29. The maximum absolute atomic E-state index is 2.66. The second-order valence-electron chi connectivity index (χ2n) is 12.2. The average molecular weight is 517 g/mol. The van der Waals surface area contributed by atoms with Crippen molar-refractivity contribution in [1.82, 2.24) is 0 Å². The van der Waals surface area contributed by atoms with E-state index in [1.807, 2.05) is 0 Å². The van der Waals surface area contributed by atoms with E-state index in [9.17, 15) is 0 Å². The van der Waals surface area contributed by atoms with E-state index in [2.05, 4.69) is 115 Å². The van der Waals surface area contributed by atoms with Gasteiger partial charge in [-0.3, -0.25) is 0 Å². The third-order valence-electron chi connectivity index (χ3n) is 9.88. The normalized spacial score (nSPS) is 24.4. The topological polar surface area (TPSA) is 0 Å². The molecule has 0 radical (unpaired) electrons. The van der Waals surface area contributed by atoms with E-state index in [4.69, 9.17) is 0 Å². The molecule has 0 bridgehead atoms. The van der Waals surface area contributed by atoms with E-state index in [0.29, 0.717) is 17.8 Å². The van der Waals surface area contributed by atoms with Crippen LogP contribution >= 0.6 is 0 Å². The summed E-state index contributed by atoms with van der Waals surface area (Å²) < 4.78 is 0. The highest BCUT2D eigenvalue weighted by molar-refractivity contribution is 6.04. The zero-order valence-electron chi connectivity index (χ0n) is 23.2. The molecule has 0 amide bonds. The molecule has 5 aliphatic rings.